The highest BCUT2D eigenvalue weighted by molar-refractivity contribution is 7.44. The van der Waals surface area contributed by atoms with Crippen molar-refractivity contribution in [3.63, 3.8) is 0 Å². The molecule has 0 fully saturated rings. The molecular formula is C20H19N6O6P. The van der Waals surface area contributed by atoms with Gasteiger partial charge in [0.25, 0.3) is 13.6 Å². The van der Waals surface area contributed by atoms with Gasteiger partial charge in [0.2, 0.25) is 5.88 Å². The van der Waals surface area contributed by atoms with Gasteiger partial charge < -0.3 is 19.0 Å². The van der Waals surface area contributed by atoms with E-state index in [0.29, 0.717) is 35.0 Å². The number of phosphoric acid groups is 1. The molecule has 0 aliphatic carbocycles. The first kappa shape index (κ1) is 22.5. The van der Waals surface area contributed by atoms with Crippen molar-refractivity contribution in [2.75, 3.05) is 5.73 Å². The van der Waals surface area contributed by atoms with Crippen molar-refractivity contribution in [1.82, 2.24) is 20.1 Å². The first-order chi connectivity index (χ1) is 15.9. The number of anilines is 1. The van der Waals surface area contributed by atoms with E-state index in [-0.39, 0.29) is 12.4 Å². The zero-order chi connectivity index (χ0) is 23.3. The predicted octanol–water partition coefficient (Wildman–Crippen LogP) is 1.00. The fourth-order valence-corrected chi connectivity index (χ4v) is 3.17. The van der Waals surface area contributed by atoms with Gasteiger partial charge in [-0.3, -0.25) is 24.8 Å². The van der Waals surface area contributed by atoms with Crippen LogP contribution in [-0.4, -0.2) is 25.0 Å². The molecule has 13 heteroatoms. The standard InChI is InChI=1S/C20H19N6O6P/c21-20-17(2-1-7-26(20)13-31-33(27,28)29)18-9-15(25-32-18)8-14-3-4-19(24-10-14)30-12-16-11-22-5-6-23-16/h1-7,9-11,21H,8,12-13H2,(H2,27,28,29). The fourth-order valence-electron chi connectivity index (χ4n) is 2.90. The maximum Gasteiger partial charge on any atom is 0.285 e. The predicted molar refractivity (Wildman–Crippen MR) is 111 cm³/mol. The Hall–Kier alpha value is -3.70. The topological polar surface area (TPSA) is 173 Å². The summed E-state index contributed by atoms with van der Waals surface area (Å²) in [6.07, 6.45) is 8.45. The molecule has 0 bridgehead atoms. The van der Waals surface area contributed by atoms with Gasteiger partial charge in [0.15, 0.2) is 12.5 Å². The van der Waals surface area contributed by atoms with Crippen LogP contribution in [0.15, 0.2) is 65.8 Å². The Morgan fingerprint density at radius 2 is 2.06 bits per heavy atom. The molecule has 0 aliphatic heterocycles. The average molecular weight is 470 g/mol. The summed E-state index contributed by atoms with van der Waals surface area (Å²) in [5.41, 5.74) is 8.81. The van der Waals surface area contributed by atoms with E-state index in [1.54, 1.807) is 49.1 Å². The average Bonchev–Trinajstić information content (AvgIpc) is 3.26. The fraction of sp³-hybridized carbons (Fsp3) is 0.150. The lowest BCUT2D eigenvalue weighted by Crippen LogP contribution is -2.38. The van der Waals surface area contributed by atoms with Crippen molar-refractivity contribution in [3.8, 4) is 17.2 Å². The maximum atomic E-state index is 10.8. The number of pyridine rings is 2. The summed E-state index contributed by atoms with van der Waals surface area (Å²) < 4.78 is 27.5. The van der Waals surface area contributed by atoms with Crippen LogP contribution in [-0.2, 0) is 28.8 Å². The molecule has 0 radical (unpaired) electrons. The normalized spacial score (nSPS) is 12.9. The summed E-state index contributed by atoms with van der Waals surface area (Å²) in [6, 6.07) is 8.66. The molecule has 0 aromatic carbocycles. The van der Waals surface area contributed by atoms with Gasteiger partial charge in [-0.1, -0.05) is 11.2 Å². The molecule has 4 aromatic rings. The van der Waals surface area contributed by atoms with E-state index < -0.39 is 14.6 Å². The van der Waals surface area contributed by atoms with Crippen molar-refractivity contribution in [2.45, 2.75) is 19.8 Å². The first-order valence-electron chi connectivity index (χ1n) is 9.62. The van der Waals surface area contributed by atoms with E-state index in [1.807, 2.05) is 6.07 Å². The molecule has 0 aliphatic rings. The van der Waals surface area contributed by atoms with E-state index in [1.165, 1.54) is 10.8 Å². The number of nitrogens with zero attached hydrogens (tertiary/aromatic N) is 5. The lowest BCUT2D eigenvalue weighted by molar-refractivity contribution is -0.712. The van der Waals surface area contributed by atoms with Crippen LogP contribution in [0.1, 0.15) is 17.0 Å². The van der Waals surface area contributed by atoms with Crippen molar-refractivity contribution >= 4 is 13.6 Å². The van der Waals surface area contributed by atoms with Crippen LogP contribution in [0.2, 0.25) is 0 Å². The summed E-state index contributed by atoms with van der Waals surface area (Å²) in [4.78, 5) is 32.0. The smallest absolute Gasteiger partial charge is 0.285 e. The number of nitrogen functional groups attached to an aromatic ring is 1. The molecule has 0 spiro atoms. The number of hydrogen-bond acceptors (Lipinski definition) is 10. The van der Waals surface area contributed by atoms with Crippen LogP contribution in [0, 0.1) is 0 Å². The molecule has 1 atom stereocenters. The van der Waals surface area contributed by atoms with E-state index in [2.05, 4.69) is 24.6 Å². The Labute approximate surface area is 187 Å². The molecule has 3 N–H and O–H groups in total. The molecule has 4 rings (SSSR count). The SMILES string of the molecule is Nc1c(-c2cc(Cc3ccc(OCc4cnccn4)nc3)no2)ccc[n+]1COP(=O)([O-])O. The number of ether oxygens (including phenoxy) is 1. The van der Waals surface area contributed by atoms with Crippen molar-refractivity contribution in [3.05, 3.63) is 78.3 Å². The third kappa shape index (κ3) is 6.18. The summed E-state index contributed by atoms with van der Waals surface area (Å²) in [6.45, 7) is -0.212. The number of aromatic nitrogens is 5. The zero-order valence-corrected chi connectivity index (χ0v) is 18.0. The second kappa shape index (κ2) is 9.84. The van der Waals surface area contributed by atoms with Crippen molar-refractivity contribution in [1.29, 1.82) is 0 Å². The quantitative estimate of drug-likeness (QED) is 0.264. The van der Waals surface area contributed by atoms with Crippen LogP contribution >= 0.6 is 7.82 Å². The molecule has 170 valence electrons. The van der Waals surface area contributed by atoms with Gasteiger partial charge in [-0.25, -0.2) is 9.55 Å². The highest BCUT2D eigenvalue weighted by Gasteiger charge is 2.18. The molecule has 1 unspecified atom stereocenters. The Bertz CT molecular complexity index is 1260. The first-order valence-corrected chi connectivity index (χ1v) is 11.1. The maximum absolute atomic E-state index is 10.8. The van der Waals surface area contributed by atoms with Crippen LogP contribution < -0.4 is 19.9 Å². The Morgan fingerprint density at radius 1 is 1.18 bits per heavy atom. The third-order valence-corrected chi connectivity index (χ3v) is 4.91. The summed E-state index contributed by atoms with van der Waals surface area (Å²) in [5.74, 6) is 1.03. The van der Waals surface area contributed by atoms with Crippen molar-refractivity contribution in [2.24, 2.45) is 0 Å². The second-order valence-electron chi connectivity index (χ2n) is 6.85. The Balaban J connectivity index is 1.40. The Morgan fingerprint density at radius 3 is 2.79 bits per heavy atom. The molecule has 0 saturated heterocycles. The van der Waals surface area contributed by atoms with Crippen LogP contribution in [0.5, 0.6) is 5.88 Å². The summed E-state index contributed by atoms with van der Waals surface area (Å²) >= 11 is 0. The minimum absolute atomic E-state index is 0.180. The van der Waals surface area contributed by atoms with Gasteiger partial charge in [0.05, 0.1) is 23.8 Å². The molecule has 4 aromatic heterocycles. The largest absolute Gasteiger partial charge is 0.756 e. The number of nitrogens with two attached hydrogens (primary N) is 1. The molecule has 12 nitrogen and oxygen atoms in total. The molecular weight excluding hydrogens is 451 g/mol. The minimum atomic E-state index is -4.88. The second-order valence-corrected chi connectivity index (χ2v) is 8.05. The van der Waals surface area contributed by atoms with Gasteiger partial charge in [-0.05, 0) is 17.7 Å². The highest BCUT2D eigenvalue weighted by atomic mass is 31.2. The number of rotatable bonds is 9. The van der Waals surface area contributed by atoms with Crippen LogP contribution in [0.25, 0.3) is 11.3 Å². The van der Waals surface area contributed by atoms with E-state index in [9.17, 15) is 9.46 Å². The van der Waals surface area contributed by atoms with Gasteiger partial charge in [0.1, 0.15) is 12.2 Å². The van der Waals surface area contributed by atoms with E-state index in [4.69, 9.17) is 19.9 Å². The molecule has 0 amide bonds. The lowest BCUT2D eigenvalue weighted by Gasteiger charge is -2.14. The highest BCUT2D eigenvalue weighted by Crippen LogP contribution is 2.30. The zero-order valence-electron chi connectivity index (χ0n) is 17.1. The Kier molecular flexibility index (Phi) is 6.71. The van der Waals surface area contributed by atoms with Gasteiger partial charge in [0, 0.05) is 37.1 Å². The number of phosphoric ester groups is 1. The van der Waals surface area contributed by atoms with Crippen LogP contribution in [0.4, 0.5) is 5.82 Å². The summed E-state index contributed by atoms with van der Waals surface area (Å²) in [7, 11) is -4.88. The third-order valence-electron chi connectivity index (χ3n) is 4.47. The van der Waals surface area contributed by atoms with Gasteiger partial charge in [-0.15, -0.1) is 0 Å². The van der Waals surface area contributed by atoms with Gasteiger partial charge in [-0.2, -0.15) is 0 Å². The summed E-state index contributed by atoms with van der Waals surface area (Å²) in [5, 5.41) is 4.06. The van der Waals surface area contributed by atoms with E-state index in [0.717, 1.165) is 5.56 Å². The molecule has 4 heterocycles. The monoisotopic (exact) mass is 470 g/mol. The van der Waals surface area contributed by atoms with Crippen molar-refractivity contribution < 1.29 is 32.7 Å². The molecule has 0 saturated carbocycles. The molecule has 33 heavy (non-hydrogen) atoms. The lowest BCUT2D eigenvalue weighted by atomic mass is 10.1. The van der Waals surface area contributed by atoms with E-state index >= 15 is 0 Å². The number of hydrogen-bond donors (Lipinski definition) is 2. The van der Waals surface area contributed by atoms with Crippen LogP contribution in [0.3, 0.4) is 0 Å². The minimum Gasteiger partial charge on any atom is -0.756 e. The van der Waals surface area contributed by atoms with Gasteiger partial charge >= 0.3 is 0 Å².